The molecule has 140 valence electrons. The van der Waals surface area contributed by atoms with Gasteiger partial charge in [0.05, 0.1) is 14.2 Å². The standard InChI is InChI=1S/C17H27FN2O2.2ClH/c1-12(2)9-15(20-7-5-19-6-8-20)13-10-16(21-3)17(22-4)11-14(13)18;;/h10-12,15,19H,5-9H2,1-4H3;2*1H/t15-;;/m0../s1. The summed E-state index contributed by atoms with van der Waals surface area (Å²) in [6.45, 7) is 8.12. The first-order valence-corrected chi connectivity index (χ1v) is 7.93. The number of ether oxygens (including phenoxy) is 2. The number of hydrogen-bond donors (Lipinski definition) is 1. The van der Waals surface area contributed by atoms with E-state index < -0.39 is 0 Å². The molecule has 0 aromatic heterocycles. The van der Waals surface area contributed by atoms with Crippen LogP contribution < -0.4 is 14.8 Å². The van der Waals surface area contributed by atoms with Crippen molar-refractivity contribution in [2.24, 2.45) is 5.92 Å². The van der Waals surface area contributed by atoms with Gasteiger partial charge in [-0.1, -0.05) is 13.8 Å². The maximum atomic E-state index is 14.6. The van der Waals surface area contributed by atoms with E-state index in [0.717, 1.165) is 32.6 Å². The van der Waals surface area contributed by atoms with Crippen LogP contribution >= 0.6 is 24.8 Å². The van der Waals surface area contributed by atoms with Gasteiger partial charge in [0.25, 0.3) is 0 Å². The van der Waals surface area contributed by atoms with E-state index in [1.807, 2.05) is 0 Å². The summed E-state index contributed by atoms with van der Waals surface area (Å²) in [5.41, 5.74) is 0.702. The highest BCUT2D eigenvalue weighted by Crippen LogP contribution is 2.36. The monoisotopic (exact) mass is 382 g/mol. The zero-order valence-electron chi connectivity index (χ0n) is 14.8. The highest BCUT2D eigenvalue weighted by Gasteiger charge is 2.27. The van der Waals surface area contributed by atoms with Gasteiger partial charge in [0.2, 0.25) is 0 Å². The van der Waals surface area contributed by atoms with Crippen LogP contribution in [0.15, 0.2) is 12.1 Å². The Morgan fingerprint density at radius 3 is 2.12 bits per heavy atom. The summed E-state index contributed by atoms with van der Waals surface area (Å²) in [5, 5.41) is 3.35. The second-order valence-electron chi connectivity index (χ2n) is 6.16. The Labute approximate surface area is 156 Å². The van der Waals surface area contributed by atoms with Crippen LogP contribution in [0.5, 0.6) is 11.5 Å². The number of piperazine rings is 1. The third kappa shape index (κ3) is 5.66. The lowest BCUT2D eigenvalue weighted by atomic mass is 9.94. The molecule has 4 nitrogen and oxygen atoms in total. The Bertz CT molecular complexity index is 498. The Hall–Kier alpha value is -0.750. The zero-order chi connectivity index (χ0) is 16.1. The maximum Gasteiger partial charge on any atom is 0.163 e. The lowest BCUT2D eigenvalue weighted by Crippen LogP contribution is -2.45. The van der Waals surface area contributed by atoms with Crippen LogP contribution in [-0.4, -0.2) is 45.3 Å². The number of methoxy groups -OCH3 is 2. The summed E-state index contributed by atoms with van der Waals surface area (Å²) in [6.07, 6.45) is 0.923. The summed E-state index contributed by atoms with van der Waals surface area (Å²) in [6, 6.07) is 3.30. The van der Waals surface area contributed by atoms with E-state index >= 15 is 0 Å². The second kappa shape index (κ2) is 11.0. The molecule has 0 unspecified atom stereocenters. The number of hydrogen-bond acceptors (Lipinski definition) is 4. The summed E-state index contributed by atoms with van der Waals surface area (Å²) in [5.74, 6) is 1.30. The fourth-order valence-corrected chi connectivity index (χ4v) is 3.04. The van der Waals surface area contributed by atoms with Gasteiger partial charge in [-0.15, -0.1) is 24.8 Å². The predicted octanol–water partition coefficient (Wildman–Crippen LogP) is 3.68. The fraction of sp³-hybridized carbons (Fsp3) is 0.647. The Balaban J connectivity index is 0.00000264. The predicted molar refractivity (Wildman–Crippen MR) is 101 cm³/mol. The summed E-state index contributed by atoms with van der Waals surface area (Å²) in [7, 11) is 3.11. The van der Waals surface area contributed by atoms with Gasteiger partial charge in [-0.05, 0) is 18.4 Å². The van der Waals surface area contributed by atoms with Crippen molar-refractivity contribution in [3.8, 4) is 11.5 Å². The van der Waals surface area contributed by atoms with Gasteiger partial charge in [-0.2, -0.15) is 0 Å². The molecule has 1 fully saturated rings. The van der Waals surface area contributed by atoms with E-state index in [0.29, 0.717) is 23.0 Å². The minimum atomic E-state index is -0.221. The van der Waals surface area contributed by atoms with Crippen molar-refractivity contribution in [1.29, 1.82) is 0 Å². The first-order valence-electron chi connectivity index (χ1n) is 7.93. The lowest BCUT2D eigenvalue weighted by molar-refractivity contribution is 0.150. The van der Waals surface area contributed by atoms with Crippen LogP contribution in [-0.2, 0) is 0 Å². The van der Waals surface area contributed by atoms with Crippen LogP contribution in [0.4, 0.5) is 4.39 Å². The van der Waals surface area contributed by atoms with Crippen molar-refractivity contribution in [3.05, 3.63) is 23.5 Å². The van der Waals surface area contributed by atoms with Gasteiger partial charge in [-0.3, -0.25) is 4.90 Å². The number of halogens is 3. The number of rotatable bonds is 6. The van der Waals surface area contributed by atoms with Gasteiger partial charge < -0.3 is 14.8 Å². The first-order chi connectivity index (χ1) is 10.6. The van der Waals surface area contributed by atoms with Crippen molar-refractivity contribution in [1.82, 2.24) is 10.2 Å². The normalized spacial score (nSPS) is 16.1. The SMILES string of the molecule is COc1cc(F)c([C@H](CC(C)C)N2CCNCC2)cc1OC.Cl.Cl. The molecule has 0 saturated carbocycles. The molecule has 0 amide bonds. The van der Waals surface area contributed by atoms with Crippen molar-refractivity contribution < 1.29 is 13.9 Å². The molecule has 7 heteroatoms. The van der Waals surface area contributed by atoms with E-state index in [1.165, 1.54) is 13.2 Å². The summed E-state index contributed by atoms with van der Waals surface area (Å²) in [4.78, 5) is 2.36. The van der Waals surface area contributed by atoms with E-state index in [-0.39, 0.29) is 36.7 Å². The molecule has 1 atom stereocenters. The lowest BCUT2D eigenvalue weighted by Gasteiger charge is -2.36. The van der Waals surface area contributed by atoms with Gasteiger partial charge in [0.15, 0.2) is 11.5 Å². The molecule has 24 heavy (non-hydrogen) atoms. The molecule has 1 aliphatic rings. The average Bonchev–Trinajstić information content (AvgIpc) is 2.53. The highest BCUT2D eigenvalue weighted by atomic mass is 35.5. The Morgan fingerprint density at radius 2 is 1.62 bits per heavy atom. The van der Waals surface area contributed by atoms with Crippen LogP contribution in [0.25, 0.3) is 0 Å². The number of benzene rings is 1. The molecule has 1 aromatic rings. The van der Waals surface area contributed by atoms with Crippen molar-refractivity contribution >= 4 is 24.8 Å². The molecule has 1 aliphatic heterocycles. The van der Waals surface area contributed by atoms with Gasteiger partial charge in [-0.25, -0.2) is 4.39 Å². The first kappa shape index (κ1) is 23.2. The second-order valence-corrected chi connectivity index (χ2v) is 6.16. The smallest absolute Gasteiger partial charge is 0.163 e. The molecule has 0 aliphatic carbocycles. The molecule has 2 rings (SSSR count). The fourth-order valence-electron chi connectivity index (χ4n) is 3.04. The molecular weight excluding hydrogens is 354 g/mol. The van der Waals surface area contributed by atoms with Gasteiger partial charge in [0, 0.05) is 43.9 Å². The average molecular weight is 383 g/mol. The van der Waals surface area contributed by atoms with E-state index in [9.17, 15) is 4.39 Å². The largest absolute Gasteiger partial charge is 0.493 e. The quantitative estimate of drug-likeness (QED) is 0.813. The maximum absolute atomic E-state index is 14.6. The van der Waals surface area contributed by atoms with Crippen LogP contribution in [0.2, 0.25) is 0 Å². The molecule has 0 bridgehead atoms. The van der Waals surface area contributed by atoms with E-state index in [2.05, 4.69) is 24.1 Å². The summed E-state index contributed by atoms with van der Waals surface area (Å²) < 4.78 is 25.2. The van der Waals surface area contributed by atoms with Crippen molar-refractivity contribution in [2.45, 2.75) is 26.3 Å². The minimum absolute atomic E-state index is 0. The van der Waals surface area contributed by atoms with Gasteiger partial charge in [0.1, 0.15) is 5.82 Å². The molecule has 1 N–H and O–H groups in total. The van der Waals surface area contributed by atoms with Crippen LogP contribution in [0.1, 0.15) is 31.9 Å². The Kier molecular flexibility index (Phi) is 10.6. The molecule has 1 saturated heterocycles. The van der Waals surface area contributed by atoms with Crippen LogP contribution in [0.3, 0.4) is 0 Å². The highest BCUT2D eigenvalue weighted by molar-refractivity contribution is 5.85. The third-order valence-electron chi connectivity index (χ3n) is 4.15. The van der Waals surface area contributed by atoms with E-state index in [4.69, 9.17) is 9.47 Å². The molecule has 0 radical (unpaired) electrons. The Morgan fingerprint density at radius 1 is 1.08 bits per heavy atom. The van der Waals surface area contributed by atoms with E-state index in [1.54, 1.807) is 13.2 Å². The third-order valence-corrected chi connectivity index (χ3v) is 4.15. The topological polar surface area (TPSA) is 33.7 Å². The number of nitrogens with zero attached hydrogens (tertiary/aromatic N) is 1. The van der Waals surface area contributed by atoms with Crippen molar-refractivity contribution in [3.63, 3.8) is 0 Å². The van der Waals surface area contributed by atoms with Crippen LogP contribution in [0, 0.1) is 11.7 Å². The summed E-state index contributed by atoms with van der Waals surface area (Å²) >= 11 is 0. The van der Waals surface area contributed by atoms with Gasteiger partial charge >= 0.3 is 0 Å². The molecule has 1 heterocycles. The number of nitrogens with one attached hydrogen (secondary N) is 1. The molecule has 0 spiro atoms. The molecular formula is C17H29Cl2FN2O2. The van der Waals surface area contributed by atoms with Crippen molar-refractivity contribution in [2.75, 3.05) is 40.4 Å². The zero-order valence-corrected chi connectivity index (χ0v) is 16.4. The minimum Gasteiger partial charge on any atom is -0.493 e. The molecule has 1 aromatic carbocycles.